The van der Waals surface area contributed by atoms with Crippen molar-refractivity contribution >= 4 is 26.0 Å². The van der Waals surface area contributed by atoms with E-state index in [9.17, 15) is 17.2 Å². The van der Waals surface area contributed by atoms with Gasteiger partial charge in [-0.1, -0.05) is 13.8 Å². The average Bonchev–Trinajstić information content (AvgIpc) is 2.13. The SMILES string of the molecule is CC(C)C(C)NS(=O)(=O)c1c(F)cc(F)cc1Br. The van der Waals surface area contributed by atoms with Gasteiger partial charge in [0.1, 0.15) is 16.5 Å². The van der Waals surface area contributed by atoms with Crippen LogP contribution in [0.4, 0.5) is 8.78 Å². The van der Waals surface area contributed by atoms with Crippen molar-refractivity contribution < 1.29 is 17.2 Å². The maximum Gasteiger partial charge on any atom is 0.244 e. The van der Waals surface area contributed by atoms with Gasteiger partial charge in [-0.3, -0.25) is 0 Å². The highest BCUT2D eigenvalue weighted by molar-refractivity contribution is 9.10. The molecule has 102 valence electrons. The molecule has 0 aliphatic heterocycles. The molecule has 1 atom stereocenters. The zero-order valence-electron chi connectivity index (χ0n) is 10.2. The van der Waals surface area contributed by atoms with E-state index in [0.29, 0.717) is 6.07 Å². The number of halogens is 3. The van der Waals surface area contributed by atoms with E-state index in [-0.39, 0.29) is 16.4 Å². The largest absolute Gasteiger partial charge is 0.244 e. The van der Waals surface area contributed by atoms with E-state index in [2.05, 4.69) is 20.7 Å². The third-order valence-corrected chi connectivity index (χ3v) is 5.10. The Morgan fingerprint density at radius 3 is 2.22 bits per heavy atom. The van der Waals surface area contributed by atoms with E-state index >= 15 is 0 Å². The van der Waals surface area contributed by atoms with Gasteiger partial charge in [-0.15, -0.1) is 0 Å². The van der Waals surface area contributed by atoms with Crippen LogP contribution in [0, 0.1) is 17.6 Å². The summed E-state index contributed by atoms with van der Waals surface area (Å²) in [6.45, 7) is 5.35. The molecule has 0 saturated carbocycles. The van der Waals surface area contributed by atoms with Gasteiger partial charge < -0.3 is 0 Å². The number of hydrogen-bond acceptors (Lipinski definition) is 2. The fraction of sp³-hybridized carbons (Fsp3) is 0.455. The molecule has 3 nitrogen and oxygen atoms in total. The Morgan fingerprint density at radius 1 is 1.22 bits per heavy atom. The van der Waals surface area contributed by atoms with E-state index < -0.39 is 26.6 Å². The van der Waals surface area contributed by atoms with Gasteiger partial charge in [-0.2, -0.15) is 0 Å². The highest BCUT2D eigenvalue weighted by Gasteiger charge is 2.26. The van der Waals surface area contributed by atoms with Crippen molar-refractivity contribution in [2.45, 2.75) is 31.7 Å². The first kappa shape index (κ1) is 15.5. The predicted molar refractivity (Wildman–Crippen MR) is 68.7 cm³/mol. The molecule has 1 aromatic rings. The molecule has 0 heterocycles. The Labute approximate surface area is 114 Å². The van der Waals surface area contributed by atoms with Crippen LogP contribution in [-0.2, 0) is 10.0 Å². The summed E-state index contributed by atoms with van der Waals surface area (Å²) in [5, 5.41) is 0. The van der Waals surface area contributed by atoms with Crippen LogP contribution in [-0.4, -0.2) is 14.5 Å². The molecule has 0 aliphatic rings. The van der Waals surface area contributed by atoms with Gasteiger partial charge in [0.25, 0.3) is 0 Å². The minimum absolute atomic E-state index is 0.0575. The van der Waals surface area contributed by atoms with Crippen LogP contribution in [0.15, 0.2) is 21.5 Å². The van der Waals surface area contributed by atoms with E-state index in [1.807, 2.05) is 13.8 Å². The lowest BCUT2D eigenvalue weighted by molar-refractivity contribution is 0.472. The minimum Gasteiger partial charge on any atom is -0.208 e. The second-order valence-electron chi connectivity index (χ2n) is 4.35. The Balaban J connectivity index is 3.21. The Bertz CT molecular complexity index is 523. The molecule has 0 amide bonds. The molecule has 0 aliphatic carbocycles. The first-order chi connectivity index (χ1) is 8.15. The molecule has 7 heteroatoms. The summed E-state index contributed by atoms with van der Waals surface area (Å²) in [6.07, 6.45) is 0. The van der Waals surface area contributed by atoms with Gasteiger partial charge in [-0.05, 0) is 34.8 Å². The molecule has 0 aromatic heterocycles. The molecule has 0 saturated heterocycles. The van der Waals surface area contributed by atoms with E-state index in [1.165, 1.54) is 0 Å². The van der Waals surface area contributed by atoms with E-state index in [0.717, 1.165) is 6.07 Å². The summed E-state index contributed by atoms with van der Waals surface area (Å²) in [7, 11) is -4.02. The van der Waals surface area contributed by atoms with Crippen LogP contribution in [0.5, 0.6) is 0 Å². The monoisotopic (exact) mass is 341 g/mol. The Kier molecular flexibility index (Phi) is 4.85. The summed E-state index contributed by atoms with van der Waals surface area (Å²) < 4.78 is 52.7. The van der Waals surface area contributed by atoms with Crippen molar-refractivity contribution in [3.8, 4) is 0 Å². The van der Waals surface area contributed by atoms with E-state index in [1.54, 1.807) is 6.92 Å². The smallest absolute Gasteiger partial charge is 0.208 e. The van der Waals surface area contributed by atoms with Crippen molar-refractivity contribution in [1.29, 1.82) is 0 Å². The maximum absolute atomic E-state index is 13.6. The second kappa shape index (κ2) is 5.63. The van der Waals surface area contributed by atoms with Gasteiger partial charge in [0, 0.05) is 16.6 Å². The van der Waals surface area contributed by atoms with Crippen LogP contribution in [0.25, 0.3) is 0 Å². The number of nitrogens with one attached hydrogen (secondary N) is 1. The fourth-order valence-corrected chi connectivity index (χ4v) is 3.78. The number of hydrogen-bond donors (Lipinski definition) is 1. The quantitative estimate of drug-likeness (QED) is 0.914. The first-order valence-electron chi connectivity index (χ1n) is 5.32. The van der Waals surface area contributed by atoms with Crippen molar-refractivity contribution in [2.24, 2.45) is 5.92 Å². The molecule has 0 fully saturated rings. The van der Waals surface area contributed by atoms with Crippen LogP contribution in [0.2, 0.25) is 0 Å². The molecule has 1 rings (SSSR count). The third-order valence-electron chi connectivity index (χ3n) is 2.57. The Hall–Kier alpha value is -0.530. The molecular formula is C11H14BrF2NO2S. The normalized spacial score (nSPS) is 13.9. The molecule has 18 heavy (non-hydrogen) atoms. The molecular weight excluding hydrogens is 328 g/mol. The van der Waals surface area contributed by atoms with Gasteiger partial charge in [0.2, 0.25) is 10.0 Å². The summed E-state index contributed by atoms with van der Waals surface area (Å²) >= 11 is 2.86. The topological polar surface area (TPSA) is 46.2 Å². The van der Waals surface area contributed by atoms with Crippen LogP contribution in [0.3, 0.4) is 0 Å². The zero-order valence-corrected chi connectivity index (χ0v) is 12.6. The lowest BCUT2D eigenvalue weighted by Crippen LogP contribution is -2.36. The Morgan fingerprint density at radius 2 is 1.78 bits per heavy atom. The highest BCUT2D eigenvalue weighted by atomic mass is 79.9. The van der Waals surface area contributed by atoms with E-state index in [4.69, 9.17) is 0 Å². The van der Waals surface area contributed by atoms with Crippen molar-refractivity contribution in [2.75, 3.05) is 0 Å². The standard InChI is InChI=1S/C11H14BrF2NO2S/c1-6(2)7(3)15-18(16,17)11-9(12)4-8(13)5-10(11)14/h4-7,15H,1-3H3. The van der Waals surface area contributed by atoms with Crippen molar-refractivity contribution in [3.05, 3.63) is 28.2 Å². The van der Waals surface area contributed by atoms with Crippen molar-refractivity contribution in [3.63, 3.8) is 0 Å². The second-order valence-corrected chi connectivity index (χ2v) is 6.86. The zero-order chi connectivity index (χ0) is 14.1. The number of sulfonamides is 1. The predicted octanol–water partition coefficient (Wildman–Crippen LogP) is 3.05. The minimum atomic E-state index is -4.02. The molecule has 0 spiro atoms. The van der Waals surface area contributed by atoms with Crippen LogP contribution in [0.1, 0.15) is 20.8 Å². The summed E-state index contributed by atoms with van der Waals surface area (Å²) in [5.74, 6) is -1.90. The lowest BCUT2D eigenvalue weighted by Gasteiger charge is -2.18. The molecule has 1 N–H and O–H groups in total. The summed E-state index contributed by atoms with van der Waals surface area (Å²) in [4.78, 5) is -0.573. The molecule has 0 radical (unpaired) electrons. The number of rotatable bonds is 4. The lowest BCUT2D eigenvalue weighted by atomic mass is 10.1. The summed E-state index contributed by atoms with van der Waals surface area (Å²) in [6, 6.07) is 1.10. The molecule has 1 aromatic carbocycles. The van der Waals surface area contributed by atoms with Gasteiger partial charge in [-0.25, -0.2) is 21.9 Å². The first-order valence-corrected chi connectivity index (χ1v) is 7.59. The molecule has 1 unspecified atom stereocenters. The molecule has 0 bridgehead atoms. The third kappa shape index (κ3) is 3.49. The maximum atomic E-state index is 13.6. The highest BCUT2D eigenvalue weighted by Crippen LogP contribution is 2.26. The summed E-state index contributed by atoms with van der Waals surface area (Å²) in [5.41, 5.74) is 0. The number of benzene rings is 1. The van der Waals surface area contributed by atoms with Crippen LogP contribution >= 0.6 is 15.9 Å². The van der Waals surface area contributed by atoms with Gasteiger partial charge in [0.15, 0.2) is 0 Å². The average molecular weight is 342 g/mol. The van der Waals surface area contributed by atoms with Crippen LogP contribution < -0.4 is 4.72 Å². The van der Waals surface area contributed by atoms with Crippen molar-refractivity contribution in [1.82, 2.24) is 4.72 Å². The van der Waals surface area contributed by atoms with Gasteiger partial charge in [0.05, 0.1) is 0 Å². The fourth-order valence-electron chi connectivity index (χ4n) is 1.23. The van der Waals surface area contributed by atoms with Gasteiger partial charge >= 0.3 is 0 Å².